The van der Waals surface area contributed by atoms with E-state index in [-0.39, 0.29) is 12.1 Å². The Balaban J connectivity index is 2.30. The van der Waals surface area contributed by atoms with Crippen molar-refractivity contribution in [2.75, 3.05) is 27.8 Å². The monoisotopic (exact) mass is 327 g/mol. The number of benzene rings is 1. The Hall–Kier alpha value is -1.60. The van der Waals surface area contributed by atoms with E-state index < -0.39 is 5.97 Å². The van der Waals surface area contributed by atoms with E-state index in [0.29, 0.717) is 18.7 Å². The number of likely N-dealkylation sites (N-methyl/N-ethyl adjacent to an activating group) is 1. The molecule has 2 aromatic rings. The molecule has 0 saturated heterocycles. The molecule has 6 nitrogen and oxygen atoms in total. The van der Waals surface area contributed by atoms with Crippen molar-refractivity contribution in [3.63, 3.8) is 0 Å². The molecule has 0 aliphatic carbocycles. The maximum absolute atomic E-state index is 11.8. The number of ether oxygens (including phenoxy) is 2. The zero-order valence-electron chi connectivity index (χ0n) is 12.7. The number of para-hydroxylation sites is 1. The minimum atomic E-state index is -0.712. The van der Waals surface area contributed by atoms with Gasteiger partial charge in [-0.2, -0.15) is 0 Å². The molecule has 0 bridgehead atoms. The SMILES string of the molecule is COC(CN(C)Cc1c(C(=O)OCl)oc2ccccc12)OC. The molecule has 1 aromatic carbocycles. The summed E-state index contributed by atoms with van der Waals surface area (Å²) >= 11 is 5.19. The molecule has 0 spiro atoms. The van der Waals surface area contributed by atoms with Crippen LogP contribution < -0.4 is 0 Å². The van der Waals surface area contributed by atoms with Crippen LogP contribution in [0.5, 0.6) is 0 Å². The maximum atomic E-state index is 11.8. The van der Waals surface area contributed by atoms with Crippen LogP contribution >= 0.6 is 11.9 Å². The molecule has 0 fully saturated rings. The first-order chi connectivity index (χ1) is 10.6. The molecule has 0 amide bonds. The van der Waals surface area contributed by atoms with Gasteiger partial charge in [0.05, 0.1) is 0 Å². The molecule has 2 rings (SSSR count). The standard InChI is InChI=1S/C15H18ClNO5/c1-17(9-13(19-2)20-3)8-11-10-6-4-5-7-12(10)21-14(11)15(18)22-16/h4-7,13H,8-9H2,1-3H3. The summed E-state index contributed by atoms with van der Waals surface area (Å²) in [5.74, 6) is -0.606. The van der Waals surface area contributed by atoms with Gasteiger partial charge < -0.3 is 18.2 Å². The molecule has 0 aliphatic rings. The molecule has 1 aromatic heterocycles. The molecule has 7 heteroatoms. The number of carbonyl (C=O) groups is 1. The second-order valence-electron chi connectivity index (χ2n) is 4.87. The van der Waals surface area contributed by atoms with Crippen LogP contribution in [0.3, 0.4) is 0 Å². The zero-order valence-corrected chi connectivity index (χ0v) is 13.4. The van der Waals surface area contributed by atoms with Gasteiger partial charge in [-0.05, 0) is 13.1 Å². The van der Waals surface area contributed by atoms with Crippen molar-refractivity contribution < 1.29 is 23.0 Å². The van der Waals surface area contributed by atoms with Gasteiger partial charge in [-0.25, -0.2) is 4.79 Å². The summed E-state index contributed by atoms with van der Waals surface area (Å²) in [5.41, 5.74) is 1.33. The zero-order chi connectivity index (χ0) is 16.1. The molecule has 120 valence electrons. The minimum absolute atomic E-state index is 0.106. The molecule has 0 N–H and O–H groups in total. The quantitative estimate of drug-likeness (QED) is 0.729. The normalized spacial score (nSPS) is 11.5. The largest absolute Gasteiger partial charge is 0.449 e. The number of nitrogens with zero attached hydrogens (tertiary/aromatic N) is 1. The van der Waals surface area contributed by atoms with E-state index in [1.54, 1.807) is 20.3 Å². The number of fused-ring (bicyclic) bond motifs is 1. The second-order valence-corrected chi connectivity index (χ2v) is 5.02. The first-order valence-electron chi connectivity index (χ1n) is 6.68. The van der Waals surface area contributed by atoms with E-state index in [0.717, 1.165) is 10.9 Å². The Bertz CT molecular complexity index is 638. The molecule has 1 heterocycles. The Kier molecular flexibility index (Phi) is 5.79. The summed E-state index contributed by atoms with van der Waals surface area (Å²) in [6.45, 7) is 0.990. The molecule has 0 aliphatic heterocycles. The van der Waals surface area contributed by atoms with Crippen LogP contribution in [-0.2, 0) is 20.3 Å². The van der Waals surface area contributed by atoms with Crippen LogP contribution in [-0.4, -0.2) is 45.0 Å². The van der Waals surface area contributed by atoms with Crippen molar-refractivity contribution in [2.45, 2.75) is 12.8 Å². The van der Waals surface area contributed by atoms with Crippen molar-refractivity contribution in [3.05, 3.63) is 35.6 Å². The summed E-state index contributed by atoms with van der Waals surface area (Å²) in [5, 5.41) is 0.845. The third kappa shape index (κ3) is 3.59. The van der Waals surface area contributed by atoms with E-state index in [4.69, 9.17) is 25.8 Å². The number of carbonyl (C=O) groups excluding carboxylic acids is 1. The summed E-state index contributed by atoms with van der Waals surface area (Å²) in [6, 6.07) is 7.39. The van der Waals surface area contributed by atoms with Crippen LogP contribution in [0.25, 0.3) is 11.0 Å². The topological polar surface area (TPSA) is 61.1 Å². The lowest BCUT2D eigenvalue weighted by molar-refractivity contribution is -0.114. The van der Waals surface area contributed by atoms with E-state index in [1.807, 2.05) is 30.1 Å². The summed E-state index contributed by atoms with van der Waals surface area (Å²) in [4.78, 5) is 13.8. The highest BCUT2D eigenvalue weighted by atomic mass is 35.5. The lowest BCUT2D eigenvalue weighted by atomic mass is 10.1. The molecule has 0 atom stereocenters. The Labute approximate surface area is 133 Å². The molecular formula is C15H18ClNO5. The van der Waals surface area contributed by atoms with Crippen molar-refractivity contribution in [3.8, 4) is 0 Å². The van der Waals surface area contributed by atoms with Gasteiger partial charge in [0, 0.05) is 38.3 Å². The smallest absolute Gasteiger partial charge is 0.392 e. The van der Waals surface area contributed by atoms with E-state index in [1.165, 1.54) is 0 Å². The molecular weight excluding hydrogens is 310 g/mol. The van der Waals surface area contributed by atoms with Crippen LogP contribution in [0.2, 0.25) is 0 Å². The second kappa shape index (κ2) is 7.60. The first kappa shape index (κ1) is 16.8. The van der Waals surface area contributed by atoms with Crippen LogP contribution in [0.15, 0.2) is 28.7 Å². The van der Waals surface area contributed by atoms with Crippen LogP contribution in [0.4, 0.5) is 0 Å². The maximum Gasteiger partial charge on any atom is 0.392 e. The van der Waals surface area contributed by atoms with Gasteiger partial charge in [-0.1, -0.05) is 18.2 Å². The highest BCUT2D eigenvalue weighted by Crippen LogP contribution is 2.27. The van der Waals surface area contributed by atoms with Crippen molar-refractivity contribution in [1.82, 2.24) is 4.90 Å². The average Bonchev–Trinajstić information content (AvgIpc) is 2.90. The van der Waals surface area contributed by atoms with Gasteiger partial charge in [0.1, 0.15) is 17.4 Å². The number of hydrogen-bond donors (Lipinski definition) is 0. The number of rotatable bonds is 7. The predicted molar refractivity (Wildman–Crippen MR) is 81.6 cm³/mol. The van der Waals surface area contributed by atoms with Gasteiger partial charge >= 0.3 is 5.97 Å². The molecule has 0 unspecified atom stereocenters. The summed E-state index contributed by atoms with van der Waals surface area (Å²) in [6.07, 6.45) is -0.355. The lowest BCUT2D eigenvalue weighted by Gasteiger charge is -2.21. The number of methoxy groups -OCH3 is 2. The highest BCUT2D eigenvalue weighted by Gasteiger charge is 2.23. The first-order valence-corrected chi connectivity index (χ1v) is 6.99. The van der Waals surface area contributed by atoms with E-state index in [2.05, 4.69) is 4.29 Å². The lowest BCUT2D eigenvalue weighted by Crippen LogP contribution is -2.31. The number of furan rings is 1. The fraction of sp³-hybridized carbons (Fsp3) is 0.400. The van der Waals surface area contributed by atoms with Crippen molar-refractivity contribution in [2.24, 2.45) is 0 Å². The number of hydrogen-bond acceptors (Lipinski definition) is 6. The summed E-state index contributed by atoms with van der Waals surface area (Å²) < 4.78 is 20.2. The van der Waals surface area contributed by atoms with E-state index in [9.17, 15) is 4.79 Å². The van der Waals surface area contributed by atoms with Gasteiger partial charge in [0.2, 0.25) is 5.76 Å². The van der Waals surface area contributed by atoms with Gasteiger partial charge in [-0.15, -0.1) is 0 Å². The highest BCUT2D eigenvalue weighted by molar-refractivity contribution is 6.16. The van der Waals surface area contributed by atoms with E-state index >= 15 is 0 Å². The van der Waals surface area contributed by atoms with Gasteiger partial charge in [0.25, 0.3) is 0 Å². The number of halogens is 1. The van der Waals surface area contributed by atoms with Crippen molar-refractivity contribution in [1.29, 1.82) is 0 Å². The third-order valence-corrected chi connectivity index (χ3v) is 3.51. The molecule has 0 radical (unpaired) electrons. The Morgan fingerprint density at radius 2 is 2.00 bits per heavy atom. The van der Waals surface area contributed by atoms with Gasteiger partial charge in [0.15, 0.2) is 6.29 Å². The fourth-order valence-electron chi connectivity index (χ4n) is 2.29. The minimum Gasteiger partial charge on any atom is -0.449 e. The molecule has 22 heavy (non-hydrogen) atoms. The van der Waals surface area contributed by atoms with Crippen LogP contribution in [0, 0.1) is 0 Å². The fourth-order valence-corrected chi connectivity index (χ4v) is 2.36. The van der Waals surface area contributed by atoms with Crippen molar-refractivity contribution >= 4 is 28.8 Å². The average molecular weight is 328 g/mol. The Morgan fingerprint density at radius 1 is 1.32 bits per heavy atom. The van der Waals surface area contributed by atoms with Crippen LogP contribution in [0.1, 0.15) is 16.1 Å². The Morgan fingerprint density at radius 3 is 2.64 bits per heavy atom. The third-order valence-electron chi connectivity index (χ3n) is 3.37. The van der Waals surface area contributed by atoms with Gasteiger partial charge in [-0.3, -0.25) is 4.90 Å². The molecule has 0 saturated carbocycles. The predicted octanol–water partition coefficient (Wildman–Crippen LogP) is 2.79. The summed E-state index contributed by atoms with van der Waals surface area (Å²) in [7, 11) is 5.04.